The first kappa shape index (κ1) is 60.8. The van der Waals surface area contributed by atoms with E-state index >= 15 is 18.0 Å². The molecular formula is C62H91F3N12O6. The van der Waals surface area contributed by atoms with Crippen LogP contribution in [0.4, 0.5) is 23.7 Å². The topological polar surface area (TPSA) is 170 Å². The zero-order valence-electron chi connectivity index (χ0n) is 50.6. The maximum Gasteiger partial charge on any atom is 0.406 e. The number of hydrogen-bond donors (Lipinski definition) is 2. The lowest BCUT2D eigenvalue weighted by Crippen LogP contribution is -2.66. The minimum absolute atomic E-state index is 0.0112. The number of anilines is 1. The first-order valence-electron chi connectivity index (χ1n) is 30.9. The van der Waals surface area contributed by atoms with Gasteiger partial charge in [0.2, 0.25) is 17.6 Å². The van der Waals surface area contributed by atoms with Crippen LogP contribution in [0.1, 0.15) is 129 Å². The minimum Gasteiger partial charge on any atom is -0.384 e. The number of carbonyl (C=O) groups is 3. The Morgan fingerprint density at radius 2 is 1.71 bits per heavy atom. The number of rotatable bonds is 24. The molecule has 11 rings (SSSR count). The molecule has 4 saturated heterocycles. The molecule has 2 N–H and O–H groups in total. The van der Waals surface area contributed by atoms with Crippen LogP contribution >= 0.6 is 0 Å². The van der Waals surface area contributed by atoms with Gasteiger partial charge in [0.25, 0.3) is 5.91 Å². The SMILES string of the molecule is CCCN1CCN(c2cnc(C(C)OC)c(-c3c(CC(C)(C)COC)c4cc(-c5noc(CC(NC(=O)C(C6CCCC6)N6CCC(CN(CC)C(=O)N(C)C(C)C7CC7)C6)C(=O)N6NCC7CC6C7)n5)ccc4n3CC(F)(F)F)c2)CC1. The zero-order chi connectivity index (χ0) is 58.9. The van der Waals surface area contributed by atoms with Crippen LogP contribution in [-0.2, 0) is 38.4 Å². The molecular weight excluding hydrogens is 1070 g/mol. The summed E-state index contributed by atoms with van der Waals surface area (Å²) in [4.78, 5) is 64.4. The van der Waals surface area contributed by atoms with Gasteiger partial charge in [0.1, 0.15) is 12.6 Å². The van der Waals surface area contributed by atoms with Gasteiger partial charge in [0.05, 0.1) is 48.4 Å². The number of alkyl halides is 3. The Balaban J connectivity index is 0.964. The zero-order valence-corrected chi connectivity index (χ0v) is 50.6. The van der Waals surface area contributed by atoms with Gasteiger partial charge >= 0.3 is 12.2 Å². The van der Waals surface area contributed by atoms with Crippen molar-refractivity contribution in [2.45, 2.75) is 162 Å². The van der Waals surface area contributed by atoms with E-state index in [1.54, 1.807) is 31.4 Å². The highest BCUT2D eigenvalue weighted by Crippen LogP contribution is 2.45. The monoisotopic (exact) mass is 1160 g/mol. The average Bonchev–Trinajstić information content (AvgIpc) is 2.41. The predicted molar refractivity (Wildman–Crippen MR) is 313 cm³/mol. The summed E-state index contributed by atoms with van der Waals surface area (Å²) in [5.74, 6) is 1.25. The van der Waals surface area contributed by atoms with Crippen molar-refractivity contribution in [1.29, 1.82) is 0 Å². The maximum atomic E-state index is 15.1. The van der Waals surface area contributed by atoms with E-state index in [4.69, 9.17) is 24.0 Å². The van der Waals surface area contributed by atoms with Crippen molar-refractivity contribution in [2.24, 2.45) is 29.1 Å². The van der Waals surface area contributed by atoms with Crippen LogP contribution < -0.4 is 15.6 Å². The number of fused-ring (bicyclic) bond motifs is 3. The number of piperazine rings is 1. The van der Waals surface area contributed by atoms with Crippen molar-refractivity contribution in [3.63, 3.8) is 0 Å². The molecule has 83 heavy (non-hydrogen) atoms. The summed E-state index contributed by atoms with van der Waals surface area (Å²) in [6.45, 7) is 18.9. The number of nitrogens with one attached hydrogen (secondary N) is 2. The molecule has 2 bridgehead atoms. The van der Waals surface area contributed by atoms with E-state index in [1.165, 1.54) is 4.57 Å². The third-order valence-electron chi connectivity index (χ3n) is 19.1. The fourth-order valence-corrected chi connectivity index (χ4v) is 14.2. The van der Waals surface area contributed by atoms with Crippen LogP contribution in [0.3, 0.4) is 0 Å². The molecule has 3 aromatic heterocycles. The summed E-state index contributed by atoms with van der Waals surface area (Å²) in [6.07, 6.45) is 6.87. The van der Waals surface area contributed by atoms with E-state index in [9.17, 15) is 9.59 Å². The Hall–Kier alpha value is -5.35. The molecule has 456 valence electrons. The Morgan fingerprint density at radius 1 is 0.964 bits per heavy atom. The Bertz CT molecular complexity index is 2890. The Kier molecular flexibility index (Phi) is 18.8. The highest BCUT2D eigenvalue weighted by Gasteiger charge is 2.46. The number of aromatic nitrogens is 4. The number of urea groups is 1. The molecule has 18 nitrogen and oxygen atoms in total. The molecule has 7 fully saturated rings. The van der Waals surface area contributed by atoms with E-state index in [0.717, 1.165) is 103 Å². The highest BCUT2D eigenvalue weighted by molar-refractivity contribution is 5.95. The number of pyridine rings is 1. The molecule has 5 atom stereocenters. The molecule has 3 aliphatic carbocycles. The molecule has 1 aromatic carbocycles. The normalized spacial score (nSPS) is 22.4. The first-order valence-corrected chi connectivity index (χ1v) is 30.9. The minimum atomic E-state index is -4.58. The van der Waals surface area contributed by atoms with Gasteiger partial charge in [-0.3, -0.25) is 29.4 Å². The second-order valence-corrected chi connectivity index (χ2v) is 25.9. The number of carbonyl (C=O) groups excluding carboxylic acids is 3. The van der Waals surface area contributed by atoms with Crippen LogP contribution in [0.5, 0.6) is 0 Å². The summed E-state index contributed by atoms with van der Waals surface area (Å²) in [5, 5.41) is 9.99. The van der Waals surface area contributed by atoms with Gasteiger partial charge in [-0.05, 0) is 151 Å². The molecule has 4 aliphatic heterocycles. The number of nitrogens with zero attached hydrogens (tertiary/aromatic N) is 10. The van der Waals surface area contributed by atoms with Gasteiger partial charge in [-0.25, -0.2) is 10.2 Å². The van der Waals surface area contributed by atoms with Crippen molar-refractivity contribution in [3.8, 4) is 22.6 Å². The quantitative estimate of drug-likeness (QED) is 0.0683. The maximum absolute atomic E-state index is 15.1. The van der Waals surface area contributed by atoms with Crippen molar-refractivity contribution in [1.82, 2.24) is 55.0 Å². The lowest BCUT2D eigenvalue weighted by atomic mass is 9.78. The smallest absolute Gasteiger partial charge is 0.384 e. The Labute approximate surface area is 488 Å². The second-order valence-electron chi connectivity index (χ2n) is 25.9. The fraction of sp³-hybridized carbons (Fsp3) is 0.710. The van der Waals surface area contributed by atoms with Crippen molar-refractivity contribution < 1.29 is 41.6 Å². The van der Waals surface area contributed by atoms with Gasteiger partial charge < -0.3 is 38.6 Å². The number of hydrogen-bond acceptors (Lipinski definition) is 13. The lowest BCUT2D eigenvalue weighted by Gasteiger charge is -2.50. The summed E-state index contributed by atoms with van der Waals surface area (Å²) in [6, 6.07) is 6.02. The van der Waals surface area contributed by atoms with Gasteiger partial charge in [0.15, 0.2) is 0 Å². The number of halogens is 3. The van der Waals surface area contributed by atoms with Crippen LogP contribution in [0.25, 0.3) is 33.5 Å². The lowest BCUT2D eigenvalue weighted by molar-refractivity contribution is -0.151. The fourth-order valence-electron chi connectivity index (χ4n) is 14.2. The van der Waals surface area contributed by atoms with Crippen molar-refractivity contribution in [3.05, 3.63) is 47.6 Å². The van der Waals surface area contributed by atoms with Crippen LogP contribution in [0, 0.1) is 29.1 Å². The number of hydrazine groups is 1. The molecule has 3 saturated carbocycles. The number of amides is 4. The summed E-state index contributed by atoms with van der Waals surface area (Å²) in [7, 11) is 5.12. The number of ether oxygens (including phenoxy) is 2. The second kappa shape index (κ2) is 25.7. The van der Waals surface area contributed by atoms with Crippen molar-refractivity contribution in [2.75, 3.05) is 98.2 Å². The highest BCUT2D eigenvalue weighted by atomic mass is 19.4. The molecule has 4 aromatic rings. The summed E-state index contributed by atoms with van der Waals surface area (Å²) < 4.78 is 64.3. The third-order valence-corrected chi connectivity index (χ3v) is 19.1. The van der Waals surface area contributed by atoms with Gasteiger partial charge in [-0.15, -0.1) is 0 Å². The van der Waals surface area contributed by atoms with Crippen LogP contribution in [0.2, 0.25) is 0 Å². The largest absolute Gasteiger partial charge is 0.406 e. The van der Waals surface area contributed by atoms with Crippen LogP contribution in [0.15, 0.2) is 35.0 Å². The molecule has 5 unspecified atom stereocenters. The predicted octanol–water partition coefficient (Wildman–Crippen LogP) is 8.98. The van der Waals surface area contributed by atoms with E-state index in [1.807, 2.05) is 62.9 Å². The number of benzene rings is 1. The van der Waals surface area contributed by atoms with E-state index in [0.29, 0.717) is 96.6 Å². The van der Waals surface area contributed by atoms with Gasteiger partial charge in [0, 0.05) is 108 Å². The summed E-state index contributed by atoms with van der Waals surface area (Å²) >= 11 is 0. The molecule has 0 spiro atoms. The molecule has 4 amide bonds. The molecule has 7 heterocycles. The van der Waals surface area contributed by atoms with E-state index < -0.39 is 36.3 Å². The van der Waals surface area contributed by atoms with Crippen LogP contribution in [-0.4, -0.2) is 186 Å². The number of likely N-dealkylation sites (tertiary alicyclic amines) is 1. The van der Waals surface area contributed by atoms with E-state index in [2.05, 4.69) is 44.4 Å². The average molecular weight is 1160 g/mol. The van der Waals surface area contributed by atoms with Gasteiger partial charge in [-0.1, -0.05) is 38.8 Å². The molecule has 0 radical (unpaired) electrons. The molecule has 21 heteroatoms. The third kappa shape index (κ3) is 13.7. The Morgan fingerprint density at radius 3 is 2.36 bits per heavy atom. The standard InChI is InChI=1S/C62H91F3N12O6/c1-10-21-72-23-25-74(26-24-72)47-30-49(54(66-34-47)40(4)82-9)56-50(32-61(5,6)38-81-8)48-29-45(18-19-52(48)76(56)37-62(63,64)65)57-69-53(83-70-57)31-51(59(79)77-46-27-42(28-46)33-67-77)68-58(78)55(44-14-12-13-15-44)75-22-20-41(36-75)35-73(11-2)60(80)71(7)39(3)43-16-17-43/h18-19,29-30,34,39-44,46,51,55,67H,10-17,20-28,31-33,35-38H2,1-9H3,(H,68,78). The molecule has 7 aliphatic rings. The van der Waals surface area contributed by atoms with Gasteiger partial charge in [-0.2, -0.15) is 18.2 Å². The number of methoxy groups -OCH3 is 2. The first-order chi connectivity index (χ1) is 39.8. The van der Waals surface area contributed by atoms with E-state index in [-0.39, 0.29) is 59.9 Å². The summed E-state index contributed by atoms with van der Waals surface area (Å²) in [5.41, 5.74) is 6.73. The van der Waals surface area contributed by atoms with Crippen molar-refractivity contribution >= 4 is 34.4 Å².